The summed E-state index contributed by atoms with van der Waals surface area (Å²) in [7, 11) is 0. The standard InChI is InChI=1S/C16H22N4/c1-3-19-6-8-20(9-7-19)16-14-10-12(2)11-15(17)13(14)4-5-18-16/h4-5,10-11H,3,6-9,17H2,1-2H3. The van der Waals surface area contributed by atoms with Gasteiger partial charge in [-0.05, 0) is 37.2 Å². The van der Waals surface area contributed by atoms with E-state index in [1.54, 1.807) is 0 Å². The average Bonchev–Trinajstić information content (AvgIpc) is 2.47. The first-order valence-corrected chi connectivity index (χ1v) is 7.31. The Hall–Kier alpha value is -1.81. The Morgan fingerprint density at radius 1 is 1.15 bits per heavy atom. The van der Waals surface area contributed by atoms with Gasteiger partial charge in [0.2, 0.25) is 0 Å². The molecule has 1 saturated heterocycles. The molecule has 4 nitrogen and oxygen atoms in total. The second-order valence-electron chi connectivity index (χ2n) is 5.51. The van der Waals surface area contributed by atoms with Crippen molar-refractivity contribution in [1.82, 2.24) is 9.88 Å². The fourth-order valence-corrected chi connectivity index (χ4v) is 2.98. The van der Waals surface area contributed by atoms with Crippen LogP contribution in [0.4, 0.5) is 11.5 Å². The normalized spacial score (nSPS) is 16.8. The molecule has 1 aliphatic heterocycles. The lowest BCUT2D eigenvalue weighted by Crippen LogP contribution is -2.46. The van der Waals surface area contributed by atoms with Crippen molar-refractivity contribution in [2.24, 2.45) is 0 Å². The first-order chi connectivity index (χ1) is 9.69. The van der Waals surface area contributed by atoms with Crippen LogP contribution in [0.3, 0.4) is 0 Å². The van der Waals surface area contributed by atoms with Crippen LogP contribution in [0.25, 0.3) is 10.8 Å². The number of likely N-dealkylation sites (N-methyl/N-ethyl adjacent to an activating group) is 1. The summed E-state index contributed by atoms with van der Waals surface area (Å²) in [4.78, 5) is 9.47. The molecule has 1 aromatic carbocycles. The maximum absolute atomic E-state index is 6.14. The highest BCUT2D eigenvalue weighted by molar-refractivity contribution is 6.00. The van der Waals surface area contributed by atoms with Crippen molar-refractivity contribution in [3.63, 3.8) is 0 Å². The van der Waals surface area contributed by atoms with Crippen LogP contribution in [0.2, 0.25) is 0 Å². The minimum atomic E-state index is 0.843. The van der Waals surface area contributed by atoms with Crippen LogP contribution in [-0.2, 0) is 0 Å². The molecule has 2 N–H and O–H groups in total. The third-order valence-corrected chi connectivity index (χ3v) is 4.15. The predicted octanol–water partition coefficient (Wildman–Crippen LogP) is 2.27. The molecule has 2 aromatic rings. The van der Waals surface area contributed by atoms with Gasteiger partial charge in [-0.3, -0.25) is 0 Å². The molecule has 0 atom stereocenters. The number of piperazine rings is 1. The number of aryl methyl sites for hydroxylation is 1. The van der Waals surface area contributed by atoms with Crippen LogP contribution in [-0.4, -0.2) is 42.6 Å². The molecule has 1 fully saturated rings. The molecule has 1 aromatic heterocycles. The summed E-state index contributed by atoms with van der Waals surface area (Å²) in [5.74, 6) is 1.08. The molecule has 0 bridgehead atoms. The van der Waals surface area contributed by atoms with E-state index in [1.807, 2.05) is 18.3 Å². The number of hydrogen-bond acceptors (Lipinski definition) is 4. The zero-order chi connectivity index (χ0) is 14.1. The Bertz CT molecular complexity index is 615. The van der Waals surface area contributed by atoms with Crippen LogP contribution >= 0.6 is 0 Å². The van der Waals surface area contributed by atoms with E-state index >= 15 is 0 Å². The summed E-state index contributed by atoms with van der Waals surface area (Å²) in [5, 5.41) is 2.29. The molecular weight excluding hydrogens is 248 g/mol. The molecule has 1 aliphatic rings. The number of pyridine rings is 1. The van der Waals surface area contributed by atoms with Crippen molar-refractivity contribution in [2.45, 2.75) is 13.8 Å². The Morgan fingerprint density at radius 3 is 2.60 bits per heavy atom. The van der Waals surface area contributed by atoms with Crippen molar-refractivity contribution in [2.75, 3.05) is 43.4 Å². The molecule has 0 spiro atoms. The first-order valence-electron chi connectivity index (χ1n) is 7.31. The summed E-state index contributed by atoms with van der Waals surface area (Å²) in [6.45, 7) is 9.72. The summed E-state index contributed by atoms with van der Waals surface area (Å²) in [6.07, 6.45) is 1.87. The van der Waals surface area contributed by atoms with E-state index < -0.39 is 0 Å². The van der Waals surface area contributed by atoms with Crippen molar-refractivity contribution < 1.29 is 0 Å². The Balaban J connectivity index is 2.00. The summed E-state index contributed by atoms with van der Waals surface area (Å²) >= 11 is 0. The van der Waals surface area contributed by atoms with Gasteiger partial charge in [-0.1, -0.05) is 6.92 Å². The minimum absolute atomic E-state index is 0.843. The van der Waals surface area contributed by atoms with Crippen molar-refractivity contribution in [3.05, 3.63) is 30.0 Å². The summed E-state index contributed by atoms with van der Waals surface area (Å²) in [5.41, 5.74) is 8.18. The molecule has 2 heterocycles. The molecule has 3 rings (SSSR count). The Labute approximate surface area is 120 Å². The number of hydrogen-bond donors (Lipinski definition) is 1. The van der Waals surface area contributed by atoms with Crippen molar-refractivity contribution in [1.29, 1.82) is 0 Å². The minimum Gasteiger partial charge on any atom is -0.398 e. The van der Waals surface area contributed by atoms with Crippen molar-refractivity contribution in [3.8, 4) is 0 Å². The lowest BCUT2D eigenvalue weighted by atomic mass is 10.1. The number of anilines is 2. The maximum atomic E-state index is 6.14. The van der Waals surface area contributed by atoms with Gasteiger partial charge >= 0.3 is 0 Å². The molecule has 0 aliphatic carbocycles. The lowest BCUT2D eigenvalue weighted by molar-refractivity contribution is 0.271. The number of benzene rings is 1. The zero-order valence-electron chi connectivity index (χ0n) is 12.3. The summed E-state index contributed by atoms with van der Waals surface area (Å²) in [6, 6.07) is 6.23. The maximum Gasteiger partial charge on any atom is 0.136 e. The van der Waals surface area contributed by atoms with Gasteiger partial charge in [0, 0.05) is 48.8 Å². The van der Waals surface area contributed by atoms with Gasteiger partial charge in [0.1, 0.15) is 5.82 Å². The van der Waals surface area contributed by atoms with E-state index in [-0.39, 0.29) is 0 Å². The third-order valence-electron chi connectivity index (χ3n) is 4.15. The number of nitrogens with two attached hydrogens (primary N) is 1. The first kappa shape index (κ1) is 13.2. The lowest BCUT2D eigenvalue weighted by Gasteiger charge is -2.35. The molecule has 106 valence electrons. The second-order valence-corrected chi connectivity index (χ2v) is 5.51. The van der Waals surface area contributed by atoms with E-state index in [0.29, 0.717) is 0 Å². The van der Waals surface area contributed by atoms with Gasteiger partial charge in [0.05, 0.1) is 0 Å². The number of rotatable bonds is 2. The quantitative estimate of drug-likeness (QED) is 0.850. The van der Waals surface area contributed by atoms with Crippen LogP contribution in [0.5, 0.6) is 0 Å². The van der Waals surface area contributed by atoms with Gasteiger partial charge < -0.3 is 15.5 Å². The largest absolute Gasteiger partial charge is 0.398 e. The van der Waals surface area contributed by atoms with Gasteiger partial charge in [0.15, 0.2) is 0 Å². The molecular formula is C16H22N4. The predicted molar refractivity (Wildman–Crippen MR) is 85.2 cm³/mol. The zero-order valence-corrected chi connectivity index (χ0v) is 12.3. The fraction of sp³-hybridized carbons (Fsp3) is 0.438. The van der Waals surface area contributed by atoms with E-state index in [1.165, 1.54) is 10.9 Å². The van der Waals surface area contributed by atoms with Gasteiger partial charge in [-0.25, -0.2) is 4.98 Å². The highest BCUT2D eigenvalue weighted by atomic mass is 15.3. The summed E-state index contributed by atoms with van der Waals surface area (Å²) < 4.78 is 0. The second kappa shape index (κ2) is 5.29. The molecule has 0 unspecified atom stereocenters. The van der Waals surface area contributed by atoms with Crippen LogP contribution in [0.1, 0.15) is 12.5 Å². The highest BCUT2D eigenvalue weighted by Crippen LogP contribution is 2.30. The van der Waals surface area contributed by atoms with Gasteiger partial charge in [0.25, 0.3) is 0 Å². The molecule has 0 amide bonds. The fourth-order valence-electron chi connectivity index (χ4n) is 2.98. The number of nitrogens with zero attached hydrogens (tertiary/aromatic N) is 3. The number of fused-ring (bicyclic) bond motifs is 1. The van der Waals surface area contributed by atoms with E-state index in [4.69, 9.17) is 5.73 Å². The average molecular weight is 270 g/mol. The highest BCUT2D eigenvalue weighted by Gasteiger charge is 2.19. The Kier molecular flexibility index (Phi) is 3.49. The molecule has 0 saturated carbocycles. The van der Waals surface area contributed by atoms with Crippen LogP contribution in [0.15, 0.2) is 24.4 Å². The van der Waals surface area contributed by atoms with E-state index in [0.717, 1.165) is 49.6 Å². The SMILES string of the molecule is CCN1CCN(c2nccc3c(N)cc(C)cc23)CC1. The van der Waals surface area contributed by atoms with Crippen LogP contribution in [0, 0.1) is 6.92 Å². The number of nitrogen functional groups attached to an aromatic ring is 1. The smallest absolute Gasteiger partial charge is 0.136 e. The van der Waals surface area contributed by atoms with Gasteiger partial charge in [-0.2, -0.15) is 0 Å². The topological polar surface area (TPSA) is 45.4 Å². The van der Waals surface area contributed by atoms with E-state index in [2.05, 4.69) is 34.7 Å². The van der Waals surface area contributed by atoms with Crippen molar-refractivity contribution >= 4 is 22.3 Å². The molecule has 20 heavy (non-hydrogen) atoms. The molecule has 4 heteroatoms. The number of aromatic nitrogens is 1. The Morgan fingerprint density at radius 2 is 1.90 bits per heavy atom. The monoisotopic (exact) mass is 270 g/mol. The third kappa shape index (κ3) is 2.31. The van der Waals surface area contributed by atoms with E-state index in [9.17, 15) is 0 Å². The van der Waals surface area contributed by atoms with Crippen LogP contribution < -0.4 is 10.6 Å². The van der Waals surface area contributed by atoms with Gasteiger partial charge in [-0.15, -0.1) is 0 Å². The molecule has 0 radical (unpaired) electrons.